The number of aromatic nitrogens is 2. The highest BCUT2D eigenvalue weighted by Crippen LogP contribution is 2.42. The van der Waals surface area contributed by atoms with Crippen LogP contribution in [0.5, 0.6) is 0 Å². The minimum Gasteiger partial charge on any atom is -0.309 e. The van der Waals surface area contributed by atoms with Crippen LogP contribution < -0.4 is 0 Å². The van der Waals surface area contributed by atoms with Crippen molar-refractivity contribution in [2.75, 3.05) is 0 Å². The maximum atomic E-state index is 2.47. The van der Waals surface area contributed by atoms with Gasteiger partial charge in [0, 0.05) is 32.9 Å². The second kappa shape index (κ2) is 14.8. The Morgan fingerprint density at radius 3 is 0.871 bits per heavy atom. The minimum absolute atomic E-state index is 1.13. The number of benzene rings is 10. The summed E-state index contributed by atoms with van der Waals surface area (Å²) in [7, 11) is 0. The first kappa shape index (κ1) is 35.7. The third-order valence-corrected chi connectivity index (χ3v) is 12.5. The Morgan fingerprint density at radius 1 is 0.177 bits per heavy atom. The molecule has 2 heterocycles. The van der Waals surface area contributed by atoms with Crippen LogP contribution in [0.15, 0.2) is 243 Å². The average Bonchev–Trinajstić information content (AvgIpc) is 3.86. The summed E-state index contributed by atoms with van der Waals surface area (Å²) in [5, 5.41) is 4.92. The summed E-state index contributed by atoms with van der Waals surface area (Å²) in [5.41, 5.74) is 19.0. The lowest BCUT2D eigenvalue weighted by Crippen LogP contribution is -1.96. The summed E-state index contributed by atoms with van der Waals surface area (Å²) < 4.78 is 4.91. The van der Waals surface area contributed by atoms with E-state index in [9.17, 15) is 0 Å². The van der Waals surface area contributed by atoms with E-state index in [-0.39, 0.29) is 0 Å². The molecule has 0 saturated carbocycles. The maximum absolute atomic E-state index is 2.47. The van der Waals surface area contributed by atoms with Crippen molar-refractivity contribution < 1.29 is 0 Å². The lowest BCUT2D eigenvalue weighted by atomic mass is 9.93. The molecule has 0 bridgehead atoms. The molecule has 290 valence electrons. The van der Waals surface area contributed by atoms with Crippen LogP contribution in [-0.4, -0.2) is 9.13 Å². The summed E-state index contributed by atoms with van der Waals surface area (Å²) in [6.07, 6.45) is 0. The predicted octanol–water partition coefficient (Wildman–Crippen LogP) is 16.2. The molecular weight excluding hydrogens is 749 g/mol. The van der Waals surface area contributed by atoms with Crippen LogP contribution in [-0.2, 0) is 0 Å². The summed E-state index contributed by atoms with van der Waals surface area (Å²) in [5.74, 6) is 0. The SMILES string of the molecule is c1ccc(-c2cc(-c3ccccc3)cc(-c3ccc(-n4c5ccccc5c5cc6c(cc54)c4ccccc4n6-c4cc(-c5ccccc5)cc(-c5ccccc5)c4)cc3)c2)cc1. The molecule has 0 N–H and O–H groups in total. The lowest BCUT2D eigenvalue weighted by molar-refractivity contribution is 1.17. The van der Waals surface area contributed by atoms with E-state index < -0.39 is 0 Å². The number of hydrogen-bond acceptors (Lipinski definition) is 0. The summed E-state index contributed by atoms with van der Waals surface area (Å²) in [4.78, 5) is 0. The molecule has 0 amide bonds. The zero-order valence-electron chi connectivity index (χ0n) is 34.0. The van der Waals surface area contributed by atoms with Crippen LogP contribution in [0.25, 0.3) is 111 Å². The molecule has 10 aromatic carbocycles. The molecule has 62 heavy (non-hydrogen) atoms. The number of rotatable bonds is 7. The van der Waals surface area contributed by atoms with Gasteiger partial charge in [-0.3, -0.25) is 0 Å². The van der Waals surface area contributed by atoms with Crippen molar-refractivity contribution in [3.05, 3.63) is 243 Å². The standard InChI is InChI=1S/C60H40N2/c1-5-17-41(18-6-1)46-33-47(42-19-7-2-8-20-42)35-48(34-46)45-29-31-51(32-30-45)61-57-27-15-13-25-53(57)55-40-60-56(39-59(55)61)54-26-14-16-28-58(54)62(60)52-37-49(43-21-9-3-10-22-43)36-50(38-52)44-23-11-4-12-24-44/h1-40H. The van der Waals surface area contributed by atoms with E-state index in [0.717, 1.165) is 11.4 Å². The van der Waals surface area contributed by atoms with Gasteiger partial charge in [0.1, 0.15) is 0 Å². The lowest BCUT2D eigenvalue weighted by Gasteiger charge is -2.14. The molecule has 12 rings (SSSR count). The molecule has 0 radical (unpaired) electrons. The highest BCUT2D eigenvalue weighted by Gasteiger charge is 2.20. The topological polar surface area (TPSA) is 9.86 Å². The Labute approximate surface area is 360 Å². The Bertz CT molecular complexity index is 3470. The van der Waals surface area contributed by atoms with Crippen LogP contribution in [0.1, 0.15) is 0 Å². The summed E-state index contributed by atoms with van der Waals surface area (Å²) >= 11 is 0. The normalized spacial score (nSPS) is 11.5. The van der Waals surface area contributed by atoms with Crippen molar-refractivity contribution in [3.8, 4) is 67.0 Å². The van der Waals surface area contributed by atoms with Gasteiger partial charge in [-0.25, -0.2) is 0 Å². The van der Waals surface area contributed by atoms with Crippen LogP contribution in [0.3, 0.4) is 0 Å². The second-order valence-corrected chi connectivity index (χ2v) is 16.2. The number of para-hydroxylation sites is 2. The van der Waals surface area contributed by atoms with Crippen molar-refractivity contribution in [1.29, 1.82) is 0 Å². The van der Waals surface area contributed by atoms with Crippen LogP contribution in [0.4, 0.5) is 0 Å². The Balaban J connectivity index is 1.04. The molecular formula is C60H40N2. The highest BCUT2D eigenvalue weighted by molar-refractivity contribution is 6.19. The van der Waals surface area contributed by atoms with Gasteiger partial charge in [0.25, 0.3) is 0 Å². The van der Waals surface area contributed by atoms with Gasteiger partial charge in [0.2, 0.25) is 0 Å². The van der Waals surface area contributed by atoms with Gasteiger partial charge in [-0.05, 0) is 128 Å². The Kier molecular flexibility index (Phi) is 8.53. The zero-order chi connectivity index (χ0) is 41.0. The predicted molar refractivity (Wildman–Crippen MR) is 262 cm³/mol. The van der Waals surface area contributed by atoms with Gasteiger partial charge in [-0.1, -0.05) is 170 Å². The van der Waals surface area contributed by atoms with Crippen LogP contribution in [0, 0.1) is 0 Å². The molecule has 0 saturated heterocycles. The summed E-state index contributed by atoms with van der Waals surface area (Å²) in [6, 6.07) is 88.5. The molecule has 2 nitrogen and oxygen atoms in total. The highest BCUT2D eigenvalue weighted by atomic mass is 15.0. The molecule has 0 spiro atoms. The fraction of sp³-hybridized carbons (Fsp3) is 0. The molecule has 2 aromatic heterocycles. The summed E-state index contributed by atoms with van der Waals surface area (Å²) in [6.45, 7) is 0. The van der Waals surface area contributed by atoms with Crippen molar-refractivity contribution >= 4 is 43.6 Å². The van der Waals surface area contributed by atoms with Crippen molar-refractivity contribution in [2.45, 2.75) is 0 Å². The first-order valence-electron chi connectivity index (χ1n) is 21.3. The van der Waals surface area contributed by atoms with Crippen molar-refractivity contribution in [3.63, 3.8) is 0 Å². The van der Waals surface area contributed by atoms with Gasteiger partial charge < -0.3 is 9.13 Å². The Hall–Kier alpha value is -8.20. The molecule has 0 fully saturated rings. The van der Waals surface area contributed by atoms with Crippen molar-refractivity contribution in [2.24, 2.45) is 0 Å². The quantitative estimate of drug-likeness (QED) is 0.152. The van der Waals surface area contributed by atoms with Crippen LogP contribution in [0.2, 0.25) is 0 Å². The van der Waals surface area contributed by atoms with Gasteiger partial charge in [0.05, 0.1) is 22.1 Å². The first-order valence-corrected chi connectivity index (χ1v) is 21.3. The molecule has 0 aliphatic carbocycles. The number of nitrogens with zero attached hydrogens (tertiary/aromatic N) is 2. The Morgan fingerprint density at radius 2 is 0.484 bits per heavy atom. The minimum atomic E-state index is 1.13. The molecule has 0 atom stereocenters. The van der Waals surface area contributed by atoms with Gasteiger partial charge in [0.15, 0.2) is 0 Å². The van der Waals surface area contributed by atoms with Gasteiger partial charge in [-0.2, -0.15) is 0 Å². The fourth-order valence-corrected chi connectivity index (χ4v) is 9.51. The second-order valence-electron chi connectivity index (χ2n) is 16.2. The largest absolute Gasteiger partial charge is 0.309 e. The van der Waals surface area contributed by atoms with Gasteiger partial charge in [-0.15, -0.1) is 0 Å². The molecule has 0 aliphatic heterocycles. The van der Waals surface area contributed by atoms with E-state index in [2.05, 4.69) is 252 Å². The fourth-order valence-electron chi connectivity index (χ4n) is 9.51. The van der Waals surface area contributed by atoms with E-state index in [1.165, 1.54) is 99.2 Å². The molecule has 0 aliphatic rings. The maximum Gasteiger partial charge on any atom is 0.0548 e. The molecule has 12 aromatic rings. The van der Waals surface area contributed by atoms with E-state index in [1.807, 2.05) is 0 Å². The van der Waals surface area contributed by atoms with E-state index >= 15 is 0 Å². The third-order valence-electron chi connectivity index (χ3n) is 12.5. The number of hydrogen-bond donors (Lipinski definition) is 0. The number of fused-ring (bicyclic) bond motifs is 6. The van der Waals surface area contributed by atoms with E-state index in [0.29, 0.717) is 0 Å². The van der Waals surface area contributed by atoms with Crippen molar-refractivity contribution in [1.82, 2.24) is 9.13 Å². The zero-order valence-corrected chi connectivity index (χ0v) is 34.0. The first-order chi connectivity index (χ1) is 30.7. The smallest absolute Gasteiger partial charge is 0.0548 e. The monoisotopic (exact) mass is 788 g/mol. The van der Waals surface area contributed by atoms with E-state index in [4.69, 9.17) is 0 Å². The van der Waals surface area contributed by atoms with E-state index in [1.54, 1.807) is 0 Å². The molecule has 2 heteroatoms. The average molecular weight is 789 g/mol. The van der Waals surface area contributed by atoms with Gasteiger partial charge >= 0.3 is 0 Å². The molecule has 0 unspecified atom stereocenters. The third kappa shape index (κ3) is 6.12. The van der Waals surface area contributed by atoms with Crippen LogP contribution >= 0.6 is 0 Å².